The van der Waals surface area contributed by atoms with E-state index in [-0.39, 0.29) is 5.60 Å². The molecule has 0 aromatic heterocycles. The van der Waals surface area contributed by atoms with E-state index in [0.717, 1.165) is 10.6 Å². The highest BCUT2D eigenvalue weighted by molar-refractivity contribution is 7.78. The Kier molecular flexibility index (Phi) is 5.03. The molecule has 0 atom stereocenters. The lowest BCUT2D eigenvalue weighted by Crippen LogP contribution is -2.25. The molecule has 2 nitrogen and oxygen atoms in total. The summed E-state index contributed by atoms with van der Waals surface area (Å²) in [6.07, 6.45) is 0.526. The third-order valence-electron chi connectivity index (χ3n) is 3.29. The predicted molar refractivity (Wildman–Crippen MR) is 90.3 cm³/mol. The van der Waals surface area contributed by atoms with Crippen molar-refractivity contribution in [3.63, 3.8) is 0 Å². The zero-order valence-corrected chi connectivity index (χ0v) is 13.8. The normalized spacial score (nSPS) is 12.3. The molecule has 0 aliphatic rings. The maximum Gasteiger partial charge on any atom is 0.145 e. The second kappa shape index (κ2) is 6.60. The Morgan fingerprint density at radius 2 is 1.29 bits per heavy atom. The summed E-state index contributed by atoms with van der Waals surface area (Å²) >= 11 is 0. The number of hydrogen-bond donors (Lipinski definition) is 0. The highest BCUT2D eigenvalue weighted by Crippen LogP contribution is 2.43. The number of benzene rings is 2. The molecule has 0 bridgehead atoms. The van der Waals surface area contributed by atoms with Gasteiger partial charge in [0, 0.05) is 16.8 Å². The van der Waals surface area contributed by atoms with Crippen LogP contribution in [0.3, 0.4) is 0 Å². The van der Waals surface area contributed by atoms with Gasteiger partial charge in [0.1, 0.15) is 7.14 Å². The highest BCUT2D eigenvalue weighted by atomic mass is 31.2. The Bertz CT molecular complexity index is 557. The summed E-state index contributed by atoms with van der Waals surface area (Å²) in [7, 11) is -2.64. The highest BCUT2D eigenvalue weighted by Gasteiger charge is 2.27. The van der Waals surface area contributed by atoms with E-state index >= 15 is 0 Å². The molecular formula is C18H23O2P. The third-order valence-corrected chi connectivity index (χ3v) is 6.36. The molecule has 2 rings (SSSR count). The van der Waals surface area contributed by atoms with Crippen molar-refractivity contribution < 1.29 is 9.30 Å². The summed E-state index contributed by atoms with van der Waals surface area (Å²) in [6.45, 7) is 6.54. The van der Waals surface area contributed by atoms with Gasteiger partial charge in [-0.15, -0.1) is 0 Å². The summed E-state index contributed by atoms with van der Waals surface area (Å²) in [5.74, 6) is 0. The molecular weight excluding hydrogens is 279 g/mol. The van der Waals surface area contributed by atoms with Crippen LogP contribution >= 0.6 is 7.14 Å². The molecule has 2 aromatic rings. The van der Waals surface area contributed by atoms with Crippen LogP contribution < -0.4 is 10.6 Å². The molecule has 21 heavy (non-hydrogen) atoms. The smallest absolute Gasteiger partial charge is 0.145 e. The van der Waals surface area contributed by atoms with Crippen molar-refractivity contribution >= 4 is 17.8 Å². The Morgan fingerprint density at radius 3 is 1.67 bits per heavy atom. The van der Waals surface area contributed by atoms with Gasteiger partial charge in [-0.25, -0.2) is 0 Å². The maximum absolute atomic E-state index is 13.6. The van der Waals surface area contributed by atoms with Gasteiger partial charge in [-0.1, -0.05) is 60.7 Å². The van der Waals surface area contributed by atoms with Crippen molar-refractivity contribution in [2.24, 2.45) is 0 Å². The predicted octanol–water partition coefficient (Wildman–Crippen LogP) is 3.82. The standard InChI is InChI=1S/C18H23O2P/c1-18(2,3)20-14-15-21(19,16-10-6-4-7-11-16)17-12-8-5-9-13-17/h4-13H,14-15H2,1-3H3. The lowest BCUT2D eigenvalue weighted by molar-refractivity contribution is 0.00643. The van der Waals surface area contributed by atoms with Gasteiger partial charge in [-0.3, -0.25) is 0 Å². The quantitative estimate of drug-likeness (QED) is 0.785. The minimum Gasteiger partial charge on any atom is -0.375 e. The van der Waals surface area contributed by atoms with Crippen LogP contribution in [0.2, 0.25) is 0 Å². The molecule has 0 unspecified atom stereocenters. The largest absolute Gasteiger partial charge is 0.375 e. The zero-order valence-electron chi connectivity index (χ0n) is 13.0. The summed E-state index contributed by atoms with van der Waals surface area (Å²) < 4.78 is 19.4. The first-order valence-electron chi connectivity index (χ1n) is 7.26. The van der Waals surface area contributed by atoms with Gasteiger partial charge in [0.2, 0.25) is 0 Å². The maximum atomic E-state index is 13.6. The summed E-state index contributed by atoms with van der Waals surface area (Å²) in [4.78, 5) is 0. The first-order chi connectivity index (χ1) is 9.92. The van der Waals surface area contributed by atoms with Crippen LogP contribution in [0, 0.1) is 0 Å². The van der Waals surface area contributed by atoms with E-state index in [9.17, 15) is 4.57 Å². The van der Waals surface area contributed by atoms with Gasteiger partial charge in [0.15, 0.2) is 0 Å². The molecule has 3 heteroatoms. The molecule has 0 saturated carbocycles. The average Bonchev–Trinajstić information content (AvgIpc) is 2.47. The van der Waals surface area contributed by atoms with Gasteiger partial charge in [-0.2, -0.15) is 0 Å². The molecule has 0 aliphatic carbocycles. The molecule has 0 radical (unpaired) electrons. The van der Waals surface area contributed by atoms with E-state index < -0.39 is 7.14 Å². The molecule has 2 aromatic carbocycles. The molecule has 0 saturated heterocycles. The SMILES string of the molecule is CC(C)(C)OCCP(=O)(c1ccccc1)c1ccccc1. The van der Waals surface area contributed by atoms with Crippen molar-refractivity contribution in [2.75, 3.05) is 12.8 Å². The second-order valence-electron chi connectivity index (χ2n) is 6.10. The monoisotopic (exact) mass is 302 g/mol. The van der Waals surface area contributed by atoms with Gasteiger partial charge in [-0.05, 0) is 20.8 Å². The van der Waals surface area contributed by atoms with Crippen LogP contribution in [0.4, 0.5) is 0 Å². The summed E-state index contributed by atoms with van der Waals surface area (Å²) in [5.41, 5.74) is -0.210. The minimum atomic E-state index is -2.64. The van der Waals surface area contributed by atoms with E-state index in [1.54, 1.807) is 0 Å². The number of hydrogen-bond acceptors (Lipinski definition) is 2. The fourth-order valence-corrected chi connectivity index (χ4v) is 4.70. The van der Waals surface area contributed by atoms with E-state index in [2.05, 4.69) is 0 Å². The first-order valence-corrected chi connectivity index (χ1v) is 9.15. The van der Waals surface area contributed by atoms with Crippen LogP contribution in [0.1, 0.15) is 20.8 Å². The zero-order chi connectivity index (χ0) is 15.3. The van der Waals surface area contributed by atoms with Crippen LogP contribution in [0.25, 0.3) is 0 Å². The Labute approximate surface area is 127 Å². The van der Waals surface area contributed by atoms with Crippen molar-refractivity contribution in [1.29, 1.82) is 0 Å². The first kappa shape index (κ1) is 16.0. The van der Waals surface area contributed by atoms with Crippen LogP contribution in [-0.2, 0) is 9.30 Å². The third kappa shape index (κ3) is 4.30. The summed E-state index contributed by atoms with van der Waals surface area (Å²) in [6, 6.07) is 19.5. The second-order valence-corrected chi connectivity index (χ2v) is 9.05. The molecule has 0 aliphatic heterocycles. The van der Waals surface area contributed by atoms with Crippen LogP contribution in [0.15, 0.2) is 60.7 Å². The Morgan fingerprint density at radius 1 is 0.857 bits per heavy atom. The molecule has 0 N–H and O–H groups in total. The van der Waals surface area contributed by atoms with Crippen molar-refractivity contribution in [3.05, 3.63) is 60.7 Å². The molecule has 0 fully saturated rings. The Balaban J connectivity index is 2.30. The number of rotatable bonds is 5. The fourth-order valence-electron chi connectivity index (χ4n) is 2.23. The number of ether oxygens (including phenoxy) is 1. The van der Waals surface area contributed by atoms with Gasteiger partial charge < -0.3 is 9.30 Å². The average molecular weight is 302 g/mol. The van der Waals surface area contributed by atoms with Gasteiger partial charge in [0.05, 0.1) is 12.2 Å². The summed E-state index contributed by atoms with van der Waals surface area (Å²) in [5, 5.41) is 1.79. The molecule has 0 spiro atoms. The van der Waals surface area contributed by atoms with E-state index in [4.69, 9.17) is 4.74 Å². The Hall–Kier alpha value is -1.37. The van der Waals surface area contributed by atoms with E-state index in [0.29, 0.717) is 12.8 Å². The van der Waals surface area contributed by atoms with Gasteiger partial charge >= 0.3 is 0 Å². The fraction of sp³-hybridized carbons (Fsp3) is 0.333. The van der Waals surface area contributed by atoms with Crippen LogP contribution in [0.5, 0.6) is 0 Å². The van der Waals surface area contributed by atoms with Crippen LogP contribution in [-0.4, -0.2) is 18.4 Å². The lowest BCUT2D eigenvalue weighted by atomic mass is 10.2. The minimum absolute atomic E-state index is 0.210. The molecule has 112 valence electrons. The molecule has 0 amide bonds. The topological polar surface area (TPSA) is 26.3 Å². The van der Waals surface area contributed by atoms with E-state index in [1.165, 1.54) is 0 Å². The van der Waals surface area contributed by atoms with Crippen molar-refractivity contribution in [2.45, 2.75) is 26.4 Å². The van der Waals surface area contributed by atoms with Gasteiger partial charge in [0.25, 0.3) is 0 Å². The molecule has 0 heterocycles. The van der Waals surface area contributed by atoms with E-state index in [1.807, 2.05) is 81.4 Å². The van der Waals surface area contributed by atoms with Crippen molar-refractivity contribution in [1.82, 2.24) is 0 Å². The lowest BCUT2D eigenvalue weighted by Gasteiger charge is -2.23. The van der Waals surface area contributed by atoms with Crippen molar-refractivity contribution in [3.8, 4) is 0 Å².